The number of carbonyl (C=O) groups excluding carboxylic acids is 2. The summed E-state index contributed by atoms with van der Waals surface area (Å²) in [6, 6.07) is 8.42. The molecule has 0 fully saturated rings. The van der Waals surface area contributed by atoms with Crippen LogP contribution in [0.5, 0.6) is 5.75 Å². The zero-order chi connectivity index (χ0) is 18.4. The van der Waals surface area contributed by atoms with Crippen LogP contribution in [0.1, 0.15) is 17.4 Å². The number of alkyl halides is 2. The van der Waals surface area contributed by atoms with Crippen molar-refractivity contribution in [2.24, 2.45) is 0 Å². The molecule has 1 aromatic carbocycles. The van der Waals surface area contributed by atoms with Gasteiger partial charge in [0.05, 0.1) is 5.69 Å². The van der Waals surface area contributed by atoms with E-state index in [0.29, 0.717) is 0 Å². The van der Waals surface area contributed by atoms with Crippen molar-refractivity contribution in [2.45, 2.75) is 19.6 Å². The van der Waals surface area contributed by atoms with E-state index in [0.717, 1.165) is 0 Å². The summed E-state index contributed by atoms with van der Waals surface area (Å²) in [5.41, 5.74) is -0.0369. The van der Waals surface area contributed by atoms with Crippen molar-refractivity contribution in [1.29, 1.82) is 0 Å². The number of halogens is 3. The molecular weight excluding hydrogens is 358 g/mol. The third-order valence-corrected chi connectivity index (χ3v) is 3.18. The second kappa shape index (κ2) is 8.39. The van der Waals surface area contributed by atoms with Crippen molar-refractivity contribution in [2.75, 3.05) is 5.32 Å². The summed E-state index contributed by atoms with van der Waals surface area (Å²) in [7, 11) is 0. The molecule has 25 heavy (non-hydrogen) atoms. The molecule has 2 aromatic rings. The number of hydrogen-bond acceptors (Lipinski definition) is 5. The molecule has 0 aliphatic carbocycles. The maximum Gasteiger partial charge on any atom is 0.387 e. The van der Waals surface area contributed by atoms with Crippen molar-refractivity contribution in [3.05, 3.63) is 53.3 Å². The van der Waals surface area contributed by atoms with Crippen LogP contribution in [-0.4, -0.2) is 29.6 Å². The minimum atomic E-state index is -3.04. The van der Waals surface area contributed by atoms with Gasteiger partial charge in [-0.25, -0.2) is 9.78 Å². The van der Waals surface area contributed by atoms with Crippen molar-refractivity contribution < 1.29 is 27.8 Å². The average Bonchev–Trinajstić information content (AvgIpc) is 2.56. The highest BCUT2D eigenvalue weighted by Gasteiger charge is 2.21. The molecule has 0 bridgehead atoms. The second-order valence-electron chi connectivity index (χ2n) is 4.77. The highest BCUT2D eigenvalue weighted by atomic mass is 35.5. The summed E-state index contributed by atoms with van der Waals surface area (Å²) in [5, 5.41) is 2.65. The Morgan fingerprint density at radius 3 is 2.64 bits per heavy atom. The van der Waals surface area contributed by atoms with Gasteiger partial charge < -0.3 is 14.8 Å². The van der Waals surface area contributed by atoms with Gasteiger partial charge in [0.2, 0.25) is 0 Å². The number of amides is 1. The number of nitrogens with one attached hydrogen (secondary N) is 1. The van der Waals surface area contributed by atoms with Gasteiger partial charge in [-0.15, -0.1) is 0 Å². The third kappa shape index (κ3) is 5.39. The van der Waals surface area contributed by atoms with Gasteiger partial charge in [0, 0.05) is 11.2 Å². The number of anilines is 1. The lowest BCUT2D eigenvalue weighted by Crippen LogP contribution is -2.30. The summed E-state index contributed by atoms with van der Waals surface area (Å²) < 4.78 is 34.0. The standard InChI is InChI=1S/C16H13ClF2N2O4/c1-9(24-15(23)12-8-10(17)6-7-20-12)14(22)21-11-4-2-3-5-13(11)25-16(18)19/h2-9,16H,1H3,(H,21,22)/t9-/m1/s1. The van der Waals surface area contributed by atoms with E-state index in [1.165, 1.54) is 49.5 Å². The molecule has 1 amide bonds. The number of esters is 1. The lowest BCUT2D eigenvalue weighted by molar-refractivity contribution is -0.123. The molecule has 2 rings (SSSR count). The van der Waals surface area contributed by atoms with Gasteiger partial charge in [-0.05, 0) is 31.2 Å². The second-order valence-corrected chi connectivity index (χ2v) is 5.21. The van der Waals surface area contributed by atoms with Gasteiger partial charge >= 0.3 is 12.6 Å². The Hall–Kier alpha value is -2.74. The Morgan fingerprint density at radius 2 is 1.96 bits per heavy atom. The maximum absolute atomic E-state index is 12.4. The summed E-state index contributed by atoms with van der Waals surface area (Å²) >= 11 is 5.75. The highest BCUT2D eigenvalue weighted by Crippen LogP contribution is 2.25. The first-order valence-corrected chi connectivity index (χ1v) is 7.42. The maximum atomic E-state index is 12.4. The van der Waals surface area contributed by atoms with E-state index in [1.807, 2.05) is 0 Å². The Kier molecular flexibility index (Phi) is 6.24. The zero-order valence-electron chi connectivity index (χ0n) is 12.9. The molecule has 0 aliphatic heterocycles. The molecule has 1 aromatic heterocycles. The number of pyridine rings is 1. The van der Waals surface area contributed by atoms with E-state index in [9.17, 15) is 18.4 Å². The lowest BCUT2D eigenvalue weighted by Gasteiger charge is -2.15. The Bertz CT molecular complexity index is 773. The fourth-order valence-corrected chi connectivity index (χ4v) is 1.95. The number of para-hydroxylation sites is 2. The molecule has 0 saturated carbocycles. The van der Waals surface area contributed by atoms with Gasteiger partial charge in [-0.1, -0.05) is 23.7 Å². The fraction of sp³-hybridized carbons (Fsp3) is 0.188. The van der Waals surface area contributed by atoms with Crippen LogP contribution >= 0.6 is 11.6 Å². The smallest absolute Gasteiger partial charge is 0.387 e. The summed E-state index contributed by atoms with van der Waals surface area (Å²) in [6.45, 7) is -1.71. The van der Waals surface area contributed by atoms with Crippen LogP contribution in [-0.2, 0) is 9.53 Å². The van der Waals surface area contributed by atoms with Crippen LogP contribution < -0.4 is 10.1 Å². The number of nitrogens with zero attached hydrogens (tertiary/aromatic N) is 1. The number of hydrogen-bond donors (Lipinski definition) is 1. The van der Waals surface area contributed by atoms with E-state index >= 15 is 0 Å². The Morgan fingerprint density at radius 1 is 1.24 bits per heavy atom. The van der Waals surface area contributed by atoms with Crippen LogP contribution in [0, 0.1) is 0 Å². The predicted molar refractivity (Wildman–Crippen MR) is 85.8 cm³/mol. The predicted octanol–water partition coefficient (Wildman–Crippen LogP) is 3.52. The minimum absolute atomic E-state index is 0.0246. The quantitative estimate of drug-likeness (QED) is 0.787. The summed E-state index contributed by atoms with van der Waals surface area (Å²) in [4.78, 5) is 27.8. The van der Waals surface area contributed by atoms with Gasteiger partial charge in [0.15, 0.2) is 6.10 Å². The SMILES string of the molecule is C[C@@H](OC(=O)c1cc(Cl)ccn1)C(=O)Nc1ccccc1OC(F)F. The molecule has 0 aliphatic rings. The normalized spacial score (nSPS) is 11.7. The molecule has 1 heterocycles. The van der Waals surface area contributed by atoms with E-state index < -0.39 is 24.6 Å². The van der Waals surface area contributed by atoms with Crippen molar-refractivity contribution in [3.63, 3.8) is 0 Å². The lowest BCUT2D eigenvalue weighted by atomic mass is 10.2. The largest absolute Gasteiger partial charge is 0.448 e. The van der Waals surface area contributed by atoms with Crippen LogP contribution in [0.25, 0.3) is 0 Å². The van der Waals surface area contributed by atoms with Crippen LogP contribution in [0.3, 0.4) is 0 Å². The average molecular weight is 371 g/mol. The van der Waals surface area contributed by atoms with Gasteiger partial charge in [0.1, 0.15) is 11.4 Å². The number of ether oxygens (including phenoxy) is 2. The van der Waals surface area contributed by atoms with Crippen molar-refractivity contribution in [1.82, 2.24) is 4.98 Å². The topological polar surface area (TPSA) is 77.5 Å². The molecule has 132 valence electrons. The number of aromatic nitrogens is 1. The highest BCUT2D eigenvalue weighted by molar-refractivity contribution is 6.30. The first kappa shape index (κ1) is 18.6. The minimum Gasteiger partial charge on any atom is -0.448 e. The molecule has 9 heteroatoms. The van der Waals surface area contributed by atoms with E-state index in [2.05, 4.69) is 15.0 Å². The van der Waals surface area contributed by atoms with Crippen molar-refractivity contribution >= 4 is 29.2 Å². The van der Waals surface area contributed by atoms with Crippen LogP contribution in [0.15, 0.2) is 42.6 Å². The zero-order valence-corrected chi connectivity index (χ0v) is 13.7. The van der Waals surface area contributed by atoms with Crippen LogP contribution in [0.2, 0.25) is 5.02 Å². The van der Waals surface area contributed by atoms with Gasteiger partial charge in [0.25, 0.3) is 5.91 Å². The van der Waals surface area contributed by atoms with Crippen molar-refractivity contribution in [3.8, 4) is 5.75 Å². The summed E-state index contributed by atoms with van der Waals surface area (Å²) in [6.07, 6.45) is 0.120. The molecule has 0 saturated heterocycles. The number of rotatable bonds is 6. The van der Waals surface area contributed by atoms with Gasteiger partial charge in [-0.3, -0.25) is 4.79 Å². The number of benzene rings is 1. The first-order chi connectivity index (χ1) is 11.9. The molecule has 0 spiro atoms. The van der Waals surface area contributed by atoms with Crippen LogP contribution in [0.4, 0.5) is 14.5 Å². The summed E-state index contributed by atoms with van der Waals surface area (Å²) in [5.74, 6) is -1.77. The monoisotopic (exact) mass is 370 g/mol. The molecule has 1 N–H and O–H groups in total. The molecular formula is C16H13ClF2N2O4. The van der Waals surface area contributed by atoms with E-state index in [1.54, 1.807) is 0 Å². The molecule has 0 radical (unpaired) electrons. The Labute approximate surface area is 146 Å². The Balaban J connectivity index is 2.02. The third-order valence-electron chi connectivity index (χ3n) is 2.95. The molecule has 1 atom stereocenters. The molecule has 0 unspecified atom stereocenters. The van der Waals surface area contributed by atoms with Gasteiger partial charge in [-0.2, -0.15) is 8.78 Å². The number of carbonyl (C=O) groups is 2. The first-order valence-electron chi connectivity index (χ1n) is 7.04. The molecule has 6 nitrogen and oxygen atoms in total. The fourth-order valence-electron chi connectivity index (χ4n) is 1.79. The van der Waals surface area contributed by atoms with E-state index in [4.69, 9.17) is 16.3 Å². The van der Waals surface area contributed by atoms with E-state index in [-0.39, 0.29) is 22.2 Å².